The lowest BCUT2D eigenvalue weighted by molar-refractivity contribution is -0.138. The first kappa shape index (κ1) is 15.9. The number of hydrogen-bond acceptors (Lipinski definition) is 4. The van der Waals surface area contributed by atoms with Gasteiger partial charge in [0.05, 0.1) is 5.92 Å². The van der Waals surface area contributed by atoms with Gasteiger partial charge in [0.15, 0.2) is 11.4 Å². The van der Waals surface area contributed by atoms with Crippen LogP contribution in [0.2, 0.25) is 0 Å². The molecule has 1 heterocycles. The molecule has 1 atom stereocenters. The smallest absolute Gasteiger partial charge is 0.310 e. The molecule has 2 N–H and O–H groups in total. The number of aromatic nitrogens is 1. The zero-order valence-electron chi connectivity index (χ0n) is 12.9. The maximum atomic E-state index is 14.5. The van der Waals surface area contributed by atoms with E-state index < -0.39 is 17.7 Å². The Morgan fingerprint density at radius 3 is 2.75 bits per heavy atom. The van der Waals surface area contributed by atoms with Gasteiger partial charge in [0.2, 0.25) is 0 Å². The summed E-state index contributed by atoms with van der Waals surface area (Å²) in [5, 5.41) is 11.8. The fraction of sp³-hybridized carbons (Fsp3) is 0.176. The van der Waals surface area contributed by atoms with Gasteiger partial charge in [-0.2, -0.15) is 4.98 Å². The van der Waals surface area contributed by atoms with Gasteiger partial charge in [0.1, 0.15) is 11.3 Å². The Labute approximate surface area is 135 Å². The predicted octanol–water partition coefficient (Wildman–Crippen LogP) is 4.35. The third-order valence-electron chi connectivity index (χ3n) is 3.87. The lowest BCUT2D eigenvalue weighted by Gasteiger charge is -2.07. The van der Waals surface area contributed by atoms with Crippen LogP contribution in [0.1, 0.15) is 24.0 Å². The molecule has 0 spiro atoms. The number of nitrogens with one attached hydrogen (secondary N) is 1. The number of anilines is 2. The van der Waals surface area contributed by atoms with Crippen molar-refractivity contribution < 1.29 is 23.1 Å². The van der Waals surface area contributed by atoms with E-state index in [1.165, 1.54) is 31.2 Å². The molecule has 0 aliphatic rings. The highest BCUT2D eigenvalue weighted by Gasteiger charge is 2.22. The summed E-state index contributed by atoms with van der Waals surface area (Å²) < 4.78 is 33.4. The molecule has 2 aromatic carbocycles. The molecule has 0 radical (unpaired) electrons. The highest BCUT2D eigenvalue weighted by atomic mass is 19.1. The van der Waals surface area contributed by atoms with Crippen LogP contribution in [0.15, 0.2) is 34.7 Å². The van der Waals surface area contributed by atoms with Crippen LogP contribution in [0.4, 0.5) is 20.5 Å². The van der Waals surface area contributed by atoms with E-state index in [-0.39, 0.29) is 28.5 Å². The van der Waals surface area contributed by atoms with Gasteiger partial charge in [-0.25, -0.2) is 8.78 Å². The van der Waals surface area contributed by atoms with E-state index in [2.05, 4.69) is 10.3 Å². The van der Waals surface area contributed by atoms with Crippen LogP contribution in [0.25, 0.3) is 11.1 Å². The minimum absolute atomic E-state index is 0.00210. The summed E-state index contributed by atoms with van der Waals surface area (Å²) in [6, 6.07) is 7.35. The fourth-order valence-electron chi connectivity index (χ4n) is 2.35. The van der Waals surface area contributed by atoms with Gasteiger partial charge in [-0.1, -0.05) is 12.1 Å². The molecule has 0 aliphatic carbocycles. The van der Waals surface area contributed by atoms with Crippen molar-refractivity contribution in [1.29, 1.82) is 0 Å². The summed E-state index contributed by atoms with van der Waals surface area (Å²) in [5.41, 5.74) is 0.934. The molecule has 24 heavy (non-hydrogen) atoms. The molecule has 124 valence electrons. The number of halogens is 2. The fourth-order valence-corrected chi connectivity index (χ4v) is 2.35. The van der Waals surface area contributed by atoms with E-state index >= 15 is 0 Å². The standard InChI is InChI=1S/C17H14F2N2O3/c1-8(16(22)23)10-6-7-13-15(14(10)19)24-17(21-13)20-12-5-3-4-11(18)9(12)2/h3-8H,1-2H3,(H,20,21)(H,22,23). The first-order valence-electron chi connectivity index (χ1n) is 7.22. The van der Waals surface area contributed by atoms with E-state index in [1.54, 1.807) is 13.0 Å². The number of carboxylic acids is 1. The topological polar surface area (TPSA) is 75.4 Å². The minimum Gasteiger partial charge on any atom is -0.481 e. The van der Waals surface area contributed by atoms with Gasteiger partial charge in [0.25, 0.3) is 6.01 Å². The second kappa shape index (κ2) is 5.92. The van der Waals surface area contributed by atoms with Crippen molar-refractivity contribution >= 4 is 28.8 Å². The molecule has 0 bridgehead atoms. The molecular formula is C17H14F2N2O3. The Hall–Kier alpha value is -2.96. The van der Waals surface area contributed by atoms with E-state index in [1.807, 2.05) is 0 Å². The lowest BCUT2D eigenvalue weighted by Crippen LogP contribution is -2.09. The zero-order valence-corrected chi connectivity index (χ0v) is 12.9. The first-order valence-corrected chi connectivity index (χ1v) is 7.22. The Morgan fingerprint density at radius 2 is 2.04 bits per heavy atom. The van der Waals surface area contributed by atoms with Crippen molar-refractivity contribution in [2.24, 2.45) is 0 Å². The van der Waals surface area contributed by atoms with Crippen molar-refractivity contribution in [3.63, 3.8) is 0 Å². The van der Waals surface area contributed by atoms with Crippen LogP contribution < -0.4 is 5.32 Å². The minimum atomic E-state index is -1.14. The second-order valence-electron chi connectivity index (χ2n) is 5.43. The summed E-state index contributed by atoms with van der Waals surface area (Å²) in [6.07, 6.45) is 0. The Balaban J connectivity index is 2.01. The monoisotopic (exact) mass is 332 g/mol. The summed E-state index contributed by atoms with van der Waals surface area (Å²) in [6.45, 7) is 2.98. The zero-order chi connectivity index (χ0) is 17.4. The molecule has 1 aromatic heterocycles. The molecular weight excluding hydrogens is 318 g/mol. The van der Waals surface area contributed by atoms with Crippen LogP contribution in [-0.2, 0) is 4.79 Å². The molecule has 7 heteroatoms. The Bertz CT molecular complexity index is 937. The number of hydrogen-bond donors (Lipinski definition) is 2. The summed E-state index contributed by atoms with van der Waals surface area (Å²) in [4.78, 5) is 15.1. The maximum absolute atomic E-state index is 14.5. The number of benzene rings is 2. The summed E-state index contributed by atoms with van der Waals surface area (Å²) >= 11 is 0. The third kappa shape index (κ3) is 2.68. The van der Waals surface area contributed by atoms with E-state index in [0.29, 0.717) is 11.3 Å². The van der Waals surface area contributed by atoms with Crippen LogP contribution in [0.3, 0.4) is 0 Å². The van der Waals surface area contributed by atoms with E-state index in [9.17, 15) is 13.6 Å². The van der Waals surface area contributed by atoms with Crippen molar-refractivity contribution in [1.82, 2.24) is 4.98 Å². The Morgan fingerprint density at radius 1 is 1.29 bits per heavy atom. The van der Waals surface area contributed by atoms with Gasteiger partial charge >= 0.3 is 5.97 Å². The molecule has 3 aromatic rings. The molecule has 1 unspecified atom stereocenters. The number of fused-ring (bicyclic) bond motifs is 1. The van der Waals surface area contributed by atoms with Crippen LogP contribution in [0.5, 0.6) is 0 Å². The number of oxazole rings is 1. The number of rotatable bonds is 4. The summed E-state index contributed by atoms with van der Waals surface area (Å²) in [5.74, 6) is -3.30. The van der Waals surface area contributed by atoms with Crippen LogP contribution >= 0.6 is 0 Å². The molecule has 0 saturated carbocycles. The van der Waals surface area contributed by atoms with Crippen LogP contribution in [0, 0.1) is 18.6 Å². The first-order chi connectivity index (χ1) is 11.4. The predicted molar refractivity (Wildman–Crippen MR) is 84.4 cm³/mol. The molecule has 5 nitrogen and oxygen atoms in total. The van der Waals surface area contributed by atoms with Crippen molar-refractivity contribution in [2.45, 2.75) is 19.8 Å². The second-order valence-corrected chi connectivity index (χ2v) is 5.43. The summed E-state index contributed by atoms with van der Waals surface area (Å²) in [7, 11) is 0. The average Bonchev–Trinajstić information content (AvgIpc) is 2.95. The highest BCUT2D eigenvalue weighted by Crippen LogP contribution is 2.30. The SMILES string of the molecule is Cc1c(F)cccc1Nc1nc2ccc(C(C)C(=O)O)c(F)c2o1. The van der Waals surface area contributed by atoms with E-state index in [4.69, 9.17) is 9.52 Å². The number of nitrogens with zero attached hydrogens (tertiary/aromatic N) is 1. The van der Waals surface area contributed by atoms with Gasteiger partial charge in [-0.05, 0) is 32.0 Å². The molecule has 0 aliphatic heterocycles. The van der Waals surface area contributed by atoms with Gasteiger partial charge in [0, 0.05) is 16.8 Å². The van der Waals surface area contributed by atoms with Crippen molar-refractivity contribution in [3.05, 3.63) is 53.1 Å². The largest absolute Gasteiger partial charge is 0.481 e. The van der Waals surface area contributed by atoms with Gasteiger partial charge < -0.3 is 14.8 Å². The molecule has 0 amide bonds. The molecule has 0 fully saturated rings. The normalized spacial score (nSPS) is 12.3. The molecule has 3 rings (SSSR count). The third-order valence-corrected chi connectivity index (χ3v) is 3.87. The van der Waals surface area contributed by atoms with Gasteiger partial charge in [-0.15, -0.1) is 0 Å². The Kier molecular flexibility index (Phi) is 3.92. The lowest BCUT2D eigenvalue weighted by atomic mass is 10.0. The highest BCUT2D eigenvalue weighted by molar-refractivity contribution is 5.81. The number of aliphatic carboxylic acids is 1. The maximum Gasteiger partial charge on any atom is 0.310 e. The number of carboxylic acid groups (broad SMARTS) is 1. The van der Waals surface area contributed by atoms with Gasteiger partial charge in [-0.3, -0.25) is 4.79 Å². The average molecular weight is 332 g/mol. The number of carbonyl (C=O) groups is 1. The quantitative estimate of drug-likeness (QED) is 0.743. The van der Waals surface area contributed by atoms with E-state index in [0.717, 1.165) is 0 Å². The van der Waals surface area contributed by atoms with Crippen molar-refractivity contribution in [3.8, 4) is 0 Å². The van der Waals surface area contributed by atoms with Crippen LogP contribution in [-0.4, -0.2) is 16.1 Å². The van der Waals surface area contributed by atoms with Crippen molar-refractivity contribution in [2.75, 3.05) is 5.32 Å². The molecule has 0 saturated heterocycles.